The number of likely N-dealkylation sites (tertiary alicyclic amines) is 1. The van der Waals surface area contributed by atoms with E-state index in [1.807, 2.05) is 30.3 Å². The van der Waals surface area contributed by atoms with E-state index in [4.69, 9.17) is 16.3 Å². The predicted octanol–water partition coefficient (Wildman–Crippen LogP) is 2.97. The van der Waals surface area contributed by atoms with Crippen molar-refractivity contribution in [1.82, 2.24) is 4.90 Å². The van der Waals surface area contributed by atoms with Crippen LogP contribution in [0.5, 0.6) is 5.75 Å². The van der Waals surface area contributed by atoms with E-state index >= 15 is 0 Å². The number of fused-ring (bicyclic) bond motifs is 1. The van der Waals surface area contributed by atoms with E-state index in [0.717, 1.165) is 11.1 Å². The third kappa shape index (κ3) is 3.03. The van der Waals surface area contributed by atoms with Gasteiger partial charge >= 0.3 is 5.97 Å². The van der Waals surface area contributed by atoms with Crippen molar-refractivity contribution in [3.05, 3.63) is 64.7 Å². The summed E-state index contributed by atoms with van der Waals surface area (Å²) in [6.07, 6.45) is -0.161. The van der Waals surface area contributed by atoms with Crippen LogP contribution in [0, 0.1) is 5.92 Å². The van der Waals surface area contributed by atoms with Crippen molar-refractivity contribution in [2.75, 3.05) is 13.1 Å². The highest BCUT2D eigenvalue weighted by atomic mass is 35.5. The zero-order valence-electron chi connectivity index (χ0n) is 14.0. The third-order valence-electron chi connectivity index (χ3n) is 5.15. The summed E-state index contributed by atoms with van der Waals surface area (Å²) in [4.78, 5) is 26.2. The Bertz CT molecular complexity index is 854. The molecule has 4 rings (SSSR count). The molecule has 0 radical (unpaired) electrons. The fraction of sp³-hybridized carbons (Fsp3) is 0.300. The highest BCUT2D eigenvalue weighted by Gasteiger charge is 2.43. The molecular weight excluding hydrogens is 354 g/mol. The van der Waals surface area contributed by atoms with Crippen LogP contribution in [0.25, 0.3) is 0 Å². The summed E-state index contributed by atoms with van der Waals surface area (Å²) >= 11 is 6.00. The molecule has 2 heterocycles. The summed E-state index contributed by atoms with van der Waals surface area (Å²) in [5.74, 6) is -1.20. The van der Waals surface area contributed by atoms with Gasteiger partial charge in [0.25, 0.3) is 5.91 Å². The Kier molecular flexibility index (Phi) is 4.32. The highest BCUT2D eigenvalue weighted by molar-refractivity contribution is 6.30. The van der Waals surface area contributed by atoms with Crippen LogP contribution in [0.15, 0.2) is 48.5 Å². The van der Waals surface area contributed by atoms with E-state index in [1.165, 1.54) is 0 Å². The molecule has 1 amide bonds. The lowest BCUT2D eigenvalue weighted by atomic mass is 9.89. The minimum atomic E-state index is -0.878. The minimum absolute atomic E-state index is 0.165. The van der Waals surface area contributed by atoms with Gasteiger partial charge in [0, 0.05) is 30.5 Å². The normalized spacial score (nSPS) is 24.2. The van der Waals surface area contributed by atoms with Crippen molar-refractivity contribution < 1.29 is 19.4 Å². The molecule has 2 aromatic rings. The molecule has 2 aromatic carbocycles. The van der Waals surface area contributed by atoms with Gasteiger partial charge in [-0.05, 0) is 29.3 Å². The molecular formula is C20H18ClNO4. The number of nitrogens with zero attached hydrogens (tertiary/aromatic N) is 1. The second kappa shape index (κ2) is 6.65. The average molecular weight is 372 g/mol. The van der Waals surface area contributed by atoms with Crippen LogP contribution in [0.1, 0.15) is 17.0 Å². The molecule has 0 aromatic heterocycles. The Balaban J connectivity index is 1.52. The highest BCUT2D eigenvalue weighted by Crippen LogP contribution is 2.36. The SMILES string of the molecule is O=C(O)C1CN(C(=O)C2Cc3cc(Cl)ccc3O2)CC1c1ccccc1. The molecule has 6 heteroatoms. The Hall–Kier alpha value is -2.53. The fourth-order valence-electron chi connectivity index (χ4n) is 3.83. The lowest BCUT2D eigenvalue weighted by Crippen LogP contribution is -2.40. The van der Waals surface area contributed by atoms with E-state index < -0.39 is 18.0 Å². The van der Waals surface area contributed by atoms with Gasteiger partial charge < -0.3 is 14.7 Å². The van der Waals surface area contributed by atoms with Crippen LogP contribution in [0.4, 0.5) is 0 Å². The van der Waals surface area contributed by atoms with Crippen molar-refractivity contribution >= 4 is 23.5 Å². The van der Waals surface area contributed by atoms with Gasteiger partial charge in [0.1, 0.15) is 5.75 Å². The zero-order valence-corrected chi connectivity index (χ0v) is 14.7. The molecule has 1 N–H and O–H groups in total. The van der Waals surface area contributed by atoms with Crippen LogP contribution in [0.3, 0.4) is 0 Å². The molecule has 26 heavy (non-hydrogen) atoms. The van der Waals surface area contributed by atoms with E-state index in [1.54, 1.807) is 23.1 Å². The van der Waals surface area contributed by atoms with E-state index in [0.29, 0.717) is 23.7 Å². The topological polar surface area (TPSA) is 66.8 Å². The van der Waals surface area contributed by atoms with Gasteiger partial charge in [0.2, 0.25) is 0 Å². The number of carbonyl (C=O) groups is 2. The molecule has 0 saturated carbocycles. The van der Waals surface area contributed by atoms with Crippen LogP contribution < -0.4 is 4.74 Å². The Morgan fingerprint density at radius 3 is 2.62 bits per heavy atom. The monoisotopic (exact) mass is 371 g/mol. The van der Waals surface area contributed by atoms with Crippen molar-refractivity contribution in [3.8, 4) is 5.75 Å². The van der Waals surface area contributed by atoms with Gasteiger partial charge in [-0.25, -0.2) is 0 Å². The van der Waals surface area contributed by atoms with Gasteiger partial charge in [-0.15, -0.1) is 0 Å². The van der Waals surface area contributed by atoms with Crippen LogP contribution in [0.2, 0.25) is 5.02 Å². The predicted molar refractivity (Wildman–Crippen MR) is 96.5 cm³/mol. The maximum atomic E-state index is 12.9. The fourth-order valence-corrected chi connectivity index (χ4v) is 4.03. The molecule has 3 unspecified atom stereocenters. The second-order valence-corrected chi connectivity index (χ2v) is 7.20. The van der Waals surface area contributed by atoms with Gasteiger partial charge in [-0.1, -0.05) is 41.9 Å². The van der Waals surface area contributed by atoms with Crippen LogP contribution in [-0.2, 0) is 16.0 Å². The molecule has 0 aliphatic carbocycles. The number of hydrogen-bond acceptors (Lipinski definition) is 3. The molecule has 5 nitrogen and oxygen atoms in total. The van der Waals surface area contributed by atoms with Gasteiger partial charge in [-0.2, -0.15) is 0 Å². The number of ether oxygens (including phenoxy) is 1. The summed E-state index contributed by atoms with van der Waals surface area (Å²) < 4.78 is 5.78. The molecule has 1 fully saturated rings. The number of aliphatic carboxylic acids is 1. The van der Waals surface area contributed by atoms with E-state index in [9.17, 15) is 14.7 Å². The molecule has 134 valence electrons. The van der Waals surface area contributed by atoms with Crippen LogP contribution in [-0.4, -0.2) is 41.1 Å². The van der Waals surface area contributed by atoms with Crippen molar-refractivity contribution in [1.29, 1.82) is 0 Å². The Morgan fingerprint density at radius 1 is 1.12 bits per heavy atom. The van der Waals surface area contributed by atoms with E-state index in [-0.39, 0.29) is 18.4 Å². The number of carboxylic acids is 1. The number of rotatable bonds is 3. The summed E-state index contributed by atoms with van der Waals surface area (Å²) in [5, 5.41) is 10.2. The lowest BCUT2D eigenvalue weighted by molar-refractivity contribution is -0.142. The number of carboxylic acid groups (broad SMARTS) is 1. The first-order chi connectivity index (χ1) is 12.5. The standard InChI is InChI=1S/C20H18ClNO4/c21-14-6-7-17-13(8-14)9-18(26-17)19(23)22-10-15(16(11-22)20(24)25)12-4-2-1-3-5-12/h1-8,15-16,18H,9-11H2,(H,24,25). The molecule has 2 aliphatic heterocycles. The molecule has 0 bridgehead atoms. The van der Waals surface area contributed by atoms with E-state index in [2.05, 4.69) is 0 Å². The third-order valence-corrected chi connectivity index (χ3v) is 5.38. The summed E-state index contributed by atoms with van der Waals surface area (Å²) in [6, 6.07) is 14.8. The van der Waals surface area contributed by atoms with Crippen molar-refractivity contribution in [2.45, 2.75) is 18.4 Å². The van der Waals surface area contributed by atoms with Gasteiger partial charge in [0.15, 0.2) is 6.10 Å². The lowest BCUT2D eigenvalue weighted by Gasteiger charge is -2.20. The quantitative estimate of drug-likeness (QED) is 0.900. The number of hydrogen-bond donors (Lipinski definition) is 1. The summed E-state index contributed by atoms with van der Waals surface area (Å²) in [6.45, 7) is 0.585. The average Bonchev–Trinajstić information content (AvgIpc) is 3.26. The summed E-state index contributed by atoms with van der Waals surface area (Å²) in [7, 11) is 0. The van der Waals surface area contributed by atoms with Crippen molar-refractivity contribution in [3.63, 3.8) is 0 Å². The molecule has 2 aliphatic rings. The largest absolute Gasteiger partial charge is 0.481 e. The zero-order chi connectivity index (χ0) is 18.3. The molecule has 0 spiro atoms. The van der Waals surface area contributed by atoms with Crippen molar-refractivity contribution in [2.24, 2.45) is 5.92 Å². The first-order valence-electron chi connectivity index (χ1n) is 8.54. The molecule has 3 atom stereocenters. The summed E-state index contributed by atoms with van der Waals surface area (Å²) in [5.41, 5.74) is 1.85. The number of halogens is 1. The Labute approximate surface area is 156 Å². The number of amides is 1. The van der Waals surface area contributed by atoms with Gasteiger partial charge in [-0.3, -0.25) is 9.59 Å². The maximum absolute atomic E-state index is 12.9. The first kappa shape index (κ1) is 16.9. The van der Waals surface area contributed by atoms with Crippen LogP contribution >= 0.6 is 11.6 Å². The smallest absolute Gasteiger partial charge is 0.308 e. The maximum Gasteiger partial charge on any atom is 0.308 e. The first-order valence-corrected chi connectivity index (χ1v) is 8.92. The molecule has 1 saturated heterocycles. The number of carbonyl (C=O) groups excluding carboxylic acids is 1. The minimum Gasteiger partial charge on any atom is -0.481 e. The Morgan fingerprint density at radius 2 is 1.88 bits per heavy atom. The number of benzene rings is 2. The van der Waals surface area contributed by atoms with Gasteiger partial charge in [0.05, 0.1) is 5.92 Å². The second-order valence-electron chi connectivity index (χ2n) is 6.77.